The Balaban J connectivity index is 3.51. The van der Waals surface area contributed by atoms with Crippen molar-refractivity contribution >= 4 is 6.15 Å². The summed E-state index contributed by atoms with van der Waals surface area (Å²) in [5.41, 5.74) is 0. The summed E-state index contributed by atoms with van der Waals surface area (Å²) < 4.78 is 18.0. The van der Waals surface area contributed by atoms with Crippen molar-refractivity contribution in [3.05, 3.63) is 0 Å². The zero-order valence-electron chi connectivity index (χ0n) is 1.71. The Morgan fingerprint density at radius 2 is 1.50 bits per heavy atom. The van der Waals surface area contributed by atoms with E-state index in [1.165, 1.54) is 17.0 Å². The van der Waals surface area contributed by atoms with Gasteiger partial charge in [0.15, 0.2) is 0 Å². The van der Waals surface area contributed by atoms with E-state index in [9.17, 15) is 0 Å². The first kappa shape index (κ1) is 4.48. The molecular weight excluding hydrogens is 114 g/mol. The fourth-order valence-corrected chi connectivity index (χ4v) is 0. The van der Waals surface area contributed by atoms with Crippen molar-refractivity contribution in [1.29, 1.82) is 0 Å². The van der Waals surface area contributed by atoms with Gasteiger partial charge >= 0.3 is 32.2 Å². The van der Waals surface area contributed by atoms with E-state index in [4.69, 9.17) is 9.13 Å². The fourth-order valence-electron chi connectivity index (χ4n) is 0. The fraction of sp³-hybridized carbons (Fsp3) is 0. The molecule has 0 saturated carbocycles. The van der Waals surface area contributed by atoms with Crippen molar-refractivity contribution in [2.24, 2.45) is 0 Å². The Labute approximate surface area is 32.9 Å². The second kappa shape index (κ2) is 1.77. The predicted octanol–water partition coefficient (Wildman–Crippen LogP) is 0.621. The van der Waals surface area contributed by atoms with Gasteiger partial charge in [-0.1, -0.05) is 0 Å². The topological polar surface area (TPSA) is 34.1 Å². The van der Waals surface area contributed by atoms with Crippen molar-refractivity contribution in [3.8, 4) is 0 Å². The van der Waals surface area contributed by atoms with Crippen LogP contribution in [0.5, 0.6) is 0 Å². The van der Waals surface area contributed by atoms with Crippen molar-refractivity contribution in [2.75, 3.05) is 0 Å². The van der Waals surface area contributed by atoms with Crippen LogP contribution in [0.25, 0.3) is 0 Å². The average molecular weight is 114 g/mol. The SMILES string of the molecule is O=[P](=O)[V]. The van der Waals surface area contributed by atoms with Crippen molar-refractivity contribution < 1.29 is 26.1 Å². The third-order valence-electron chi connectivity index (χ3n) is 0. The Morgan fingerprint density at radius 1 is 1.50 bits per heavy atom. The van der Waals surface area contributed by atoms with Crippen LogP contribution in [-0.4, -0.2) is 0 Å². The Kier molecular flexibility index (Phi) is 1.99. The van der Waals surface area contributed by atoms with Crippen LogP contribution in [-0.2, 0) is 26.1 Å². The predicted molar refractivity (Wildman–Crippen MR) is 8.29 cm³/mol. The van der Waals surface area contributed by atoms with Crippen molar-refractivity contribution in [3.63, 3.8) is 0 Å². The average Bonchev–Trinajstić information content (AvgIpc) is 0.811. The first-order valence-corrected chi connectivity index (χ1v) is 3.57. The molecule has 22 valence electrons. The quantitative estimate of drug-likeness (QED) is 0.432. The van der Waals surface area contributed by atoms with Crippen LogP contribution in [0.4, 0.5) is 0 Å². The molecule has 0 spiro atoms. The summed E-state index contributed by atoms with van der Waals surface area (Å²) in [6, 6.07) is 0. The van der Waals surface area contributed by atoms with Gasteiger partial charge in [-0.15, -0.1) is 0 Å². The molecule has 0 aromatic rings. The third-order valence-corrected chi connectivity index (χ3v) is 0. The second-order valence-corrected chi connectivity index (χ2v) is 2.24. The summed E-state index contributed by atoms with van der Waals surface area (Å²) in [5.74, 6) is 0. The minimum atomic E-state index is -2.18. The van der Waals surface area contributed by atoms with Gasteiger partial charge in [0.05, 0.1) is 0 Å². The van der Waals surface area contributed by atoms with Crippen LogP contribution in [0.15, 0.2) is 0 Å². The maximum atomic E-state index is 9.01. The van der Waals surface area contributed by atoms with Gasteiger partial charge in [-0.3, -0.25) is 0 Å². The van der Waals surface area contributed by atoms with Crippen molar-refractivity contribution in [2.45, 2.75) is 0 Å². The van der Waals surface area contributed by atoms with E-state index in [0.29, 0.717) is 0 Å². The summed E-state index contributed by atoms with van der Waals surface area (Å²) in [6.07, 6.45) is -2.18. The van der Waals surface area contributed by atoms with E-state index in [0.717, 1.165) is 0 Å². The van der Waals surface area contributed by atoms with Gasteiger partial charge in [-0.25, -0.2) is 0 Å². The molecule has 0 radical (unpaired) electrons. The molecule has 2 nitrogen and oxygen atoms in total. The van der Waals surface area contributed by atoms with E-state index < -0.39 is 6.15 Å². The molecule has 0 fully saturated rings. The number of hydrogen-bond donors (Lipinski definition) is 0. The van der Waals surface area contributed by atoms with Crippen LogP contribution in [0.3, 0.4) is 0 Å². The molecule has 0 unspecified atom stereocenters. The van der Waals surface area contributed by atoms with Gasteiger partial charge in [0.1, 0.15) is 0 Å². The van der Waals surface area contributed by atoms with Crippen LogP contribution in [0, 0.1) is 0 Å². The van der Waals surface area contributed by atoms with Gasteiger partial charge < -0.3 is 0 Å². The van der Waals surface area contributed by atoms with E-state index in [2.05, 4.69) is 0 Å². The second-order valence-electron chi connectivity index (χ2n) is 0.238. The summed E-state index contributed by atoms with van der Waals surface area (Å²) in [6.45, 7) is 0. The van der Waals surface area contributed by atoms with E-state index in [1.807, 2.05) is 0 Å². The molecule has 0 heterocycles. The Bertz CT molecular complexity index is 54.4. The van der Waals surface area contributed by atoms with E-state index in [1.54, 1.807) is 0 Å². The summed E-state index contributed by atoms with van der Waals surface area (Å²) >= 11 is 1.49. The standard InChI is InChI=1S/O2P.V/c1-3-2;. The van der Waals surface area contributed by atoms with E-state index >= 15 is 0 Å². The van der Waals surface area contributed by atoms with Gasteiger partial charge in [-0.2, -0.15) is 0 Å². The van der Waals surface area contributed by atoms with E-state index in [-0.39, 0.29) is 0 Å². The molecule has 0 saturated heterocycles. The molecule has 0 aliphatic heterocycles. The molecule has 0 aliphatic rings. The van der Waals surface area contributed by atoms with Crippen LogP contribution < -0.4 is 0 Å². The van der Waals surface area contributed by atoms with Gasteiger partial charge in [0.25, 0.3) is 0 Å². The molecule has 0 rings (SSSR count). The minimum absolute atomic E-state index is 1.49. The summed E-state index contributed by atoms with van der Waals surface area (Å²) in [4.78, 5) is 0. The Morgan fingerprint density at radius 3 is 1.50 bits per heavy atom. The van der Waals surface area contributed by atoms with Crippen LogP contribution in [0.2, 0.25) is 0 Å². The van der Waals surface area contributed by atoms with Crippen LogP contribution in [0.1, 0.15) is 0 Å². The summed E-state index contributed by atoms with van der Waals surface area (Å²) in [5, 5.41) is 0. The van der Waals surface area contributed by atoms with Crippen molar-refractivity contribution in [1.82, 2.24) is 0 Å². The normalized spacial score (nSPS) is 6.00. The first-order chi connectivity index (χ1) is 1.73. The van der Waals surface area contributed by atoms with Gasteiger partial charge in [-0.05, 0) is 0 Å². The summed E-state index contributed by atoms with van der Waals surface area (Å²) in [7, 11) is 0. The molecule has 0 bridgehead atoms. The molecule has 0 aromatic heterocycles. The number of hydrogen-bond acceptors (Lipinski definition) is 2. The first-order valence-electron chi connectivity index (χ1n) is 0.565. The van der Waals surface area contributed by atoms with Gasteiger partial charge in [0, 0.05) is 0 Å². The van der Waals surface area contributed by atoms with Gasteiger partial charge in [0.2, 0.25) is 0 Å². The Hall–Kier alpha value is 0.484. The molecule has 4 heteroatoms. The zero-order chi connectivity index (χ0) is 3.58. The van der Waals surface area contributed by atoms with Crippen LogP contribution >= 0.6 is 6.15 Å². The zero-order valence-corrected chi connectivity index (χ0v) is 4.00. The third kappa shape index (κ3) is 23.3. The molecule has 0 aromatic carbocycles. The molecule has 0 aliphatic carbocycles. The molecule has 4 heavy (non-hydrogen) atoms. The monoisotopic (exact) mass is 114 g/mol. The molecule has 0 N–H and O–H groups in total. The molecule has 0 atom stereocenters. The molecule has 0 amide bonds. The maximum absolute atomic E-state index is 9.01. The number of rotatable bonds is 0. The molecular formula is O2PV.